The number of aliphatic carboxylic acids is 1. The lowest BCUT2D eigenvalue weighted by molar-refractivity contribution is -0.131. The van der Waals surface area contributed by atoms with Crippen LogP contribution in [0, 0.1) is 6.92 Å². The van der Waals surface area contributed by atoms with Crippen LogP contribution < -0.4 is 4.90 Å². The minimum atomic E-state index is -0.924. The van der Waals surface area contributed by atoms with E-state index in [9.17, 15) is 4.79 Å². The van der Waals surface area contributed by atoms with Crippen LogP contribution >= 0.6 is 11.3 Å². The molecular weight excluding hydrogens is 282 g/mol. The second-order valence-electron chi connectivity index (χ2n) is 4.96. The van der Waals surface area contributed by atoms with Crippen LogP contribution in [0.2, 0.25) is 0 Å². The Balaban J connectivity index is 2.03. The first kappa shape index (κ1) is 15.3. The van der Waals surface area contributed by atoms with Crippen LogP contribution in [0.3, 0.4) is 0 Å². The molecule has 0 bridgehead atoms. The summed E-state index contributed by atoms with van der Waals surface area (Å²) in [4.78, 5) is 14.2. The number of carboxylic acids is 1. The summed E-state index contributed by atoms with van der Waals surface area (Å²) in [6.45, 7) is 2.96. The molecule has 1 N–H and O–H groups in total. The normalized spacial score (nSPS) is 11.0. The molecule has 0 aliphatic heterocycles. The van der Waals surface area contributed by atoms with E-state index in [0.29, 0.717) is 0 Å². The van der Waals surface area contributed by atoms with Crippen LogP contribution in [0.15, 0.2) is 41.8 Å². The first-order valence-electron chi connectivity index (χ1n) is 6.81. The Kier molecular flexibility index (Phi) is 5.17. The van der Waals surface area contributed by atoms with Gasteiger partial charge in [-0.15, -0.1) is 11.3 Å². The Hall–Kier alpha value is -2.07. The first-order valence-corrected chi connectivity index (χ1v) is 7.69. The molecule has 0 aliphatic rings. The SMILES string of the molecule is Cc1cc(N(C)CCc2cccs2)ccc1C=CC(=O)O. The molecule has 110 valence electrons. The summed E-state index contributed by atoms with van der Waals surface area (Å²) in [5.74, 6) is -0.924. The fraction of sp³-hybridized carbons (Fsp3) is 0.235. The van der Waals surface area contributed by atoms with Crippen molar-refractivity contribution in [2.24, 2.45) is 0 Å². The third kappa shape index (κ3) is 4.46. The highest BCUT2D eigenvalue weighted by molar-refractivity contribution is 7.09. The lowest BCUT2D eigenvalue weighted by atomic mass is 10.1. The van der Waals surface area contributed by atoms with E-state index in [1.54, 1.807) is 17.4 Å². The average molecular weight is 301 g/mol. The van der Waals surface area contributed by atoms with Crippen molar-refractivity contribution in [1.82, 2.24) is 0 Å². The lowest BCUT2D eigenvalue weighted by Gasteiger charge is -2.20. The van der Waals surface area contributed by atoms with Gasteiger partial charge in [-0.2, -0.15) is 0 Å². The summed E-state index contributed by atoms with van der Waals surface area (Å²) in [6, 6.07) is 10.3. The van der Waals surface area contributed by atoms with Gasteiger partial charge in [0.2, 0.25) is 0 Å². The van der Waals surface area contributed by atoms with E-state index in [0.717, 1.165) is 29.8 Å². The summed E-state index contributed by atoms with van der Waals surface area (Å²) in [6.07, 6.45) is 3.84. The van der Waals surface area contributed by atoms with Gasteiger partial charge in [0.05, 0.1) is 0 Å². The number of thiophene rings is 1. The van der Waals surface area contributed by atoms with Crippen molar-refractivity contribution < 1.29 is 9.90 Å². The molecular formula is C17H19NO2S. The Labute approximate surface area is 129 Å². The van der Waals surface area contributed by atoms with Crippen LogP contribution in [0.5, 0.6) is 0 Å². The third-order valence-electron chi connectivity index (χ3n) is 3.37. The van der Waals surface area contributed by atoms with Gasteiger partial charge in [0.25, 0.3) is 0 Å². The number of likely N-dealkylation sites (N-methyl/N-ethyl adjacent to an activating group) is 1. The number of hydrogen-bond acceptors (Lipinski definition) is 3. The van der Waals surface area contributed by atoms with Crippen LogP contribution in [0.25, 0.3) is 6.08 Å². The fourth-order valence-corrected chi connectivity index (χ4v) is 2.81. The van der Waals surface area contributed by atoms with Gasteiger partial charge < -0.3 is 10.0 Å². The molecule has 1 aromatic heterocycles. The molecule has 0 atom stereocenters. The monoisotopic (exact) mass is 301 g/mol. The highest BCUT2D eigenvalue weighted by atomic mass is 32.1. The standard InChI is InChI=1S/C17H19NO2S/c1-13-12-15(7-5-14(13)6-8-17(19)20)18(2)10-9-16-4-3-11-21-16/h3-8,11-12H,9-10H2,1-2H3,(H,19,20). The first-order chi connectivity index (χ1) is 10.1. The second-order valence-corrected chi connectivity index (χ2v) is 6.00. The van der Waals surface area contributed by atoms with Gasteiger partial charge in [-0.3, -0.25) is 0 Å². The summed E-state index contributed by atoms with van der Waals surface area (Å²) >= 11 is 1.78. The van der Waals surface area contributed by atoms with Crippen LogP contribution in [0.4, 0.5) is 5.69 Å². The van der Waals surface area contributed by atoms with Crippen molar-refractivity contribution >= 4 is 29.1 Å². The number of carbonyl (C=O) groups is 1. The maximum atomic E-state index is 10.6. The molecule has 3 nitrogen and oxygen atoms in total. The molecule has 0 unspecified atom stereocenters. The summed E-state index contributed by atoms with van der Waals surface area (Å²) in [5, 5.41) is 10.8. The number of benzene rings is 1. The highest BCUT2D eigenvalue weighted by Crippen LogP contribution is 2.20. The summed E-state index contributed by atoms with van der Waals surface area (Å²) < 4.78 is 0. The van der Waals surface area contributed by atoms with Crippen molar-refractivity contribution in [1.29, 1.82) is 0 Å². The fourth-order valence-electron chi connectivity index (χ4n) is 2.11. The smallest absolute Gasteiger partial charge is 0.328 e. The van der Waals surface area contributed by atoms with Gasteiger partial charge in [-0.25, -0.2) is 4.79 Å². The van der Waals surface area contributed by atoms with Gasteiger partial charge >= 0.3 is 5.97 Å². The molecule has 2 aromatic rings. The van der Waals surface area contributed by atoms with E-state index in [2.05, 4.69) is 35.5 Å². The lowest BCUT2D eigenvalue weighted by Crippen LogP contribution is -2.20. The molecule has 0 saturated heterocycles. The van der Waals surface area contributed by atoms with Crippen LogP contribution in [-0.4, -0.2) is 24.7 Å². The molecule has 0 spiro atoms. The molecule has 0 radical (unpaired) electrons. The molecule has 4 heteroatoms. The predicted octanol–water partition coefficient (Wildman–Crippen LogP) is 3.83. The molecule has 0 aliphatic carbocycles. The van der Waals surface area contributed by atoms with E-state index in [4.69, 9.17) is 5.11 Å². The largest absolute Gasteiger partial charge is 0.478 e. The molecule has 0 saturated carbocycles. The average Bonchev–Trinajstić information content (AvgIpc) is 2.96. The van der Waals surface area contributed by atoms with Gasteiger partial charge in [-0.1, -0.05) is 12.1 Å². The van der Waals surface area contributed by atoms with Crippen molar-refractivity contribution in [2.45, 2.75) is 13.3 Å². The predicted molar refractivity (Wildman–Crippen MR) is 89.1 cm³/mol. The van der Waals surface area contributed by atoms with Crippen LogP contribution in [0.1, 0.15) is 16.0 Å². The highest BCUT2D eigenvalue weighted by Gasteiger charge is 2.04. The third-order valence-corrected chi connectivity index (χ3v) is 4.31. The van der Waals surface area contributed by atoms with Crippen molar-refractivity contribution in [3.05, 3.63) is 57.8 Å². The maximum Gasteiger partial charge on any atom is 0.328 e. The summed E-state index contributed by atoms with van der Waals surface area (Å²) in [7, 11) is 2.08. The molecule has 2 rings (SSSR count). The zero-order valence-corrected chi connectivity index (χ0v) is 13.1. The quantitative estimate of drug-likeness (QED) is 0.824. The number of carboxylic acid groups (broad SMARTS) is 1. The minimum absolute atomic E-state index is 0.924. The maximum absolute atomic E-state index is 10.6. The summed E-state index contributed by atoms with van der Waals surface area (Å²) in [5.41, 5.74) is 3.16. The molecule has 1 aromatic carbocycles. The number of anilines is 1. The number of hydrogen-bond donors (Lipinski definition) is 1. The van der Waals surface area contributed by atoms with Crippen molar-refractivity contribution in [3.8, 4) is 0 Å². The second kappa shape index (κ2) is 7.09. The van der Waals surface area contributed by atoms with Crippen molar-refractivity contribution in [3.63, 3.8) is 0 Å². The molecule has 21 heavy (non-hydrogen) atoms. The molecule has 1 heterocycles. The Morgan fingerprint density at radius 2 is 2.19 bits per heavy atom. The number of nitrogens with zero attached hydrogens (tertiary/aromatic N) is 1. The van der Waals surface area contributed by atoms with Gasteiger partial charge in [0, 0.05) is 30.2 Å². The number of rotatable bonds is 6. The molecule has 0 fully saturated rings. The topological polar surface area (TPSA) is 40.5 Å². The van der Waals surface area contributed by atoms with E-state index in [-0.39, 0.29) is 0 Å². The van der Waals surface area contributed by atoms with Gasteiger partial charge in [0.1, 0.15) is 0 Å². The van der Waals surface area contributed by atoms with Gasteiger partial charge in [-0.05, 0) is 54.1 Å². The Morgan fingerprint density at radius 3 is 2.81 bits per heavy atom. The number of aryl methyl sites for hydroxylation is 1. The Morgan fingerprint density at radius 1 is 1.38 bits per heavy atom. The van der Waals surface area contributed by atoms with Crippen molar-refractivity contribution in [2.75, 3.05) is 18.5 Å². The van der Waals surface area contributed by atoms with Gasteiger partial charge in [0.15, 0.2) is 0 Å². The Bertz CT molecular complexity index is 632. The van der Waals surface area contributed by atoms with E-state index >= 15 is 0 Å². The van der Waals surface area contributed by atoms with E-state index in [1.807, 2.05) is 19.1 Å². The van der Waals surface area contributed by atoms with E-state index in [1.165, 1.54) is 11.0 Å². The minimum Gasteiger partial charge on any atom is -0.478 e. The van der Waals surface area contributed by atoms with Crippen LogP contribution in [-0.2, 0) is 11.2 Å². The zero-order chi connectivity index (χ0) is 15.2. The van der Waals surface area contributed by atoms with E-state index < -0.39 is 5.97 Å². The zero-order valence-electron chi connectivity index (χ0n) is 12.2. The molecule has 0 amide bonds.